The molecule has 13 heavy (non-hydrogen) atoms. The summed E-state index contributed by atoms with van der Waals surface area (Å²) in [7, 11) is 1.47. The normalized spacial score (nSPS) is 15.5. The quantitative estimate of drug-likeness (QED) is 0.469. The van der Waals surface area contributed by atoms with Gasteiger partial charge in [0, 0.05) is 12.8 Å². The van der Waals surface area contributed by atoms with E-state index in [1.165, 1.54) is 19.5 Å². The number of hydrogen-bond acceptors (Lipinski definition) is 5. The fraction of sp³-hybridized carbons (Fsp3) is 0.833. The minimum atomic E-state index is -1.43. The third-order valence-corrected chi connectivity index (χ3v) is 2.34. The zero-order valence-electron chi connectivity index (χ0n) is 7.81. The number of rotatable bonds is 5. The fourth-order valence-electron chi connectivity index (χ4n) is 0.507. The van der Waals surface area contributed by atoms with E-state index < -0.39 is 23.0 Å². The maximum Gasteiger partial charge on any atom is 0.262 e. The lowest BCUT2D eigenvalue weighted by molar-refractivity contribution is -0.144. The zero-order valence-corrected chi connectivity index (χ0v) is 8.63. The van der Waals surface area contributed by atoms with Gasteiger partial charge in [0.1, 0.15) is 6.04 Å². The van der Waals surface area contributed by atoms with E-state index in [2.05, 4.69) is 0 Å². The van der Waals surface area contributed by atoms with Crippen molar-refractivity contribution in [1.29, 1.82) is 0 Å². The lowest BCUT2D eigenvalue weighted by atomic mass is 10.3. The molecule has 2 atom stereocenters. The summed E-state index contributed by atoms with van der Waals surface area (Å²) in [5.74, 6) is -0.270. The van der Waals surface area contributed by atoms with E-state index in [0.717, 1.165) is 5.06 Å². The molecule has 0 aliphatic carbocycles. The Kier molecular flexibility index (Phi) is 5.80. The highest BCUT2D eigenvalue weighted by Gasteiger charge is 2.19. The van der Waals surface area contributed by atoms with Gasteiger partial charge < -0.3 is 0 Å². The van der Waals surface area contributed by atoms with Crippen LogP contribution >= 0.6 is 0 Å². The Morgan fingerprint density at radius 2 is 2.31 bits per heavy atom. The lowest BCUT2D eigenvalue weighted by Crippen LogP contribution is -2.42. The predicted octanol–water partition coefficient (Wildman–Crippen LogP) is -0.573. The molecule has 0 aromatic rings. The van der Waals surface area contributed by atoms with Gasteiger partial charge in [-0.3, -0.25) is 10.0 Å². The molecule has 0 aromatic carbocycles. The van der Waals surface area contributed by atoms with Crippen molar-refractivity contribution in [3.8, 4) is 0 Å². The number of carbonyl (C=O) groups excluding carboxylic acids is 1. The standard InChI is InChI=1S/C6H14N2O4S/c1-4-13(11)12-8(3)5(2)6(9)7-10/h5,10H,4H2,1-3H3,(H,7,9). The molecule has 0 aromatic heterocycles. The van der Waals surface area contributed by atoms with Crippen LogP contribution in [0.5, 0.6) is 0 Å². The van der Waals surface area contributed by atoms with Gasteiger partial charge >= 0.3 is 0 Å². The maximum absolute atomic E-state index is 10.9. The number of nitrogens with one attached hydrogen (secondary N) is 1. The van der Waals surface area contributed by atoms with Gasteiger partial charge in [-0.25, -0.2) is 9.69 Å². The molecule has 0 saturated carbocycles. The van der Waals surface area contributed by atoms with Crippen molar-refractivity contribution >= 4 is 17.0 Å². The van der Waals surface area contributed by atoms with Crippen molar-refractivity contribution in [3.63, 3.8) is 0 Å². The second kappa shape index (κ2) is 6.03. The Balaban J connectivity index is 4.02. The van der Waals surface area contributed by atoms with Crippen molar-refractivity contribution in [2.24, 2.45) is 0 Å². The third-order valence-electron chi connectivity index (χ3n) is 1.47. The molecule has 0 bridgehead atoms. The number of hydroxylamine groups is 3. The first kappa shape index (κ1) is 12.5. The van der Waals surface area contributed by atoms with Crippen molar-refractivity contribution in [3.05, 3.63) is 0 Å². The molecule has 0 rings (SSSR count). The highest BCUT2D eigenvalue weighted by molar-refractivity contribution is 7.80. The number of hydrogen-bond donors (Lipinski definition) is 2. The molecule has 1 amide bonds. The summed E-state index contributed by atoms with van der Waals surface area (Å²) < 4.78 is 15.7. The molecule has 0 aliphatic rings. The molecule has 0 spiro atoms. The van der Waals surface area contributed by atoms with Crippen molar-refractivity contribution in [1.82, 2.24) is 10.5 Å². The van der Waals surface area contributed by atoms with Crippen molar-refractivity contribution < 1.29 is 18.5 Å². The molecule has 78 valence electrons. The molecule has 0 saturated heterocycles. The second-order valence-electron chi connectivity index (χ2n) is 2.37. The Morgan fingerprint density at radius 1 is 1.77 bits per heavy atom. The molecule has 0 aliphatic heterocycles. The monoisotopic (exact) mass is 210 g/mol. The average molecular weight is 210 g/mol. The van der Waals surface area contributed by atoms with E-state index in [0.29, 0.717) is 5.75 Å². The smallest absolute Gasteiger partial charge is 0.262 e. The largest absolute Gasteiger partial charge is 0.289 e. The van der Waals surface area contributed by atoms with Gasteiger partial charge in [-0.05, 0) is 6.92 Å². The maximum atomic E-state index is 10.9. The Hall–Kier alpha value is -0.500. The van der Waals surface area contributed by atoms with E-state index >= 15 is 0 Å². The van der Waals surface area contributed by atoms with E-state index in [1.807, 2.05) is 0 Å². The molecule has 0 heterocycles. The van der Waals surface area contributed by atoms with Crippen molar-refractivity contribution in [2.75, 3.05) is 12.8 Å². The summed E-state index contributed by atoms with van der Waals surface area (Å²) in [6, 6.07) is -0.694. The van der Waals surface area contributed by atoms with Gasteiger partial charge in [0.15, 0.2) is 11.1 Å². The summed E-state index contributed by atoms with van der Waals surface area (Å²) in [5, 5.41) is 9.42. The molecule has 6 nitrogen and oxygen atoms in total. The van der Waals surface area contributed by atoms with Gasteiger partial charge in [0.25, 0.3) is 5.91 Å². The van der Waals surface area contributed by atoms with Gasteiger partial charge in [-0.15, -0.1) is 0 Å². The van der Waals surface area contributed by atoms with Crippen LogP contribution in [-0.4, -0.2) is 39.2 Å². The second-order valence-corrected chi connectivity index (χ2v) is 3.70. The first-order valence-corrected chi connectivity index (χ1v) is 5.00. The Morgan fingerprint density at radius 3 is 2.69 bits per heavy atom. The van der Waals surface area contributed by atoms with Crippen LogP contribution in [0.4, 0.5) is 0 Å². The molecule has 2 N–H and O–H groups in total. The molecular formula is C6H14N2O4S. The van der Waals surface area contributed by atoms with Crippen LogP contribution in [0.15, 0.2) is 0 Å². The van der Waals surface area contributed by atoms with E-state index in [-0.39, 0.29) is 0 Å². The van der Waals surface area contributed by atoms with Gasteiger partial charge in [0.2, 0.25) is 0 Å². The van der Waals surface area contributed by atoms with Gasteiger partial charge in [-0.1, -0.05) is 6.92 Å². The molecule has 0 fully saturated rings. The SMILES string of the molecule is CCS(=O)ON(C)C(C)C(=O)NO. The average Bonchev–Trinajstić information content (AvgIpc) is 2.14. The highest BCUT2D eigenvalue weighted by Crippen LogP contribution is 1.99. The number of nitrogens with zero attached hydrogens (tertiary/aromatic N) is 1. The minimum absolute atomic E-state index is 0.345. The van der Waals surface area contributed by atoms with Crippen LogP contribution in [-0.2, 0) is 20.2 Å². The topological polar surface area (TPSA) is 78.9 Å². The molecule has 0 radical (unpaired) electrons. The van der Waals surface area contributed by atoms with Gasteiger partial charge in [-0.2, -0.15) is 9.35 Å². The molecule has 2 unspecified atom stereocenters. The minimum Gasteiger partial charge on any atom is -0.289 e. The fourth-order valence-corrected chi connectivity index (χ4v) is 1.00. The van der Waals surface area contributed by atoms with Crippen LogP contribution < -0.4 is 5.48 Å². The van der Waals surface area contributed by atoms with E-state index in [1.54, 1.807) is 6.92 Å². The third kappa shape index (κ3) is 4.32. The highest BCUT2D eigenvalue weighted by atomic mass is 32.2. The zero-order chi connectivity index (χ0) is 10.4. The lowest BCUT2D eigenvalue weighted by Gasteiger charge is -2.20. The Bertz CT molecular complexity index is 199. The summed E-state index contributed by atoms with van der Waals surface area (Å²) in [5.41, 5.74) is 1.48. The van der Waals surface area contributed by atoms with Crippen LogP contribution in [0, 0.1) is 0 Å². The summed E-state index contributed by atoms with van der Waals surface area (Å²) in [6.07, 6.45) is 0. The number of likely N-dealkylation sites (N-methyl/N-ethyl adjacent to an activating group) is 1. The first-order chi connectivity index (χ1) is 6.02. The van der Waals surface area contributed by atoms with Crippen LogP contribution in [0.25, 0.3) is 0 Å². The van der Waals surface area contributed by atoms with Crippen LogP contribution in [0.3, 0.4) is 0 Å². The first-order valence-electron chi connectivity index (χ1n) is 3.76. The summed E-state index contributed by atoms with van der Waals surface area (Å²) >= 11 is -1.43. The van der Waals surface area contributed by atoms with Crippen LogP contribution in [0.1, 0.15) is 13.8 Å². The molecular weight excluding hydrogens is 196 g/mol. The summed E-state index contributed by atoms with van der Waals surface area (Å²) in [6.45, 7) is 3.21. The van der Waals surface area contributed by atoms with Crippen LogP contribution in [0.2, 0.25) is 0 Å². The van der Waals surface area contributed by atoms with Gasteiger partial charge in [0.05, 0.1) is 0 Å². The number of amides is 1. The van der Waals surface area contributed by atoms with E-state index in [9.17, 15) is 9.00 Å². The predicted molar refractivity (Wildman–Crippen MR) is 46.9 cm³/mol. The summed E-state index contributed by atoms with van der Waals surface area (Å²) in [4.78, 5) is 10.8. The number of carbonyl (C=O) groups is 1. The van der Waals surface area contributed by atoms with E-state index in [4.69, 9.17) is 9.49 Å². The molecule has 7 heteroatoms. The van der Waals surface area contributed by atoms with Crippen molar-refractivity contribution in [2.45, 2.75) is 19.9 Å². The Labute approximate surface area is 79.4 Å².